The van der Waals surface area contributed by atoms with Gasteiger partial charge in [-0.1, -0.05) is 165 Å². The largest absolute Gasteiger partial charge is 0.0651 e. The maximum Gasteiger partial charge on any atom is 0.0616 e. The average Bonchev–Trinajstić information content (AvgIpc) is 2.97. The molecule has 0 fully saturated rings. The highest BCUT2D eigenvalue weighted by molar-refractivity contribution is 6.84. The summed E-state index contributed by atoms with van der Waals surface area (Å²) in [4.78, 5) is 0. The quantitative estimate of drug-likeness (QED) is 0.0934. The first-order valence-electron chi connectivity index (χ1n) is 18.5. The van der Waals surface area contributed by atoms with Gasteiger partial charge in [-0.2, -0.15) is 0 Å². The third kappa shape index (κ3) is 6.26. The number of aryl methyl sites for hydroxylation is 2. The van der Waals surface area contributed by atoms with Crippen molar-refractivity contribution in [3.63, 3.8) is 0 Å². The van der Waals surface area contributed by atoms with E-state index >= 15 is 0 Å². The molecule has 0 heterocycles. The Labute approximate surface area is 283 Å². The van der Waals surface area contributed by atoms with Crippen molar-refractivity contribution >= 4 is 59.2 Å². The van der Waals surface area contributed by atoms with Gasteiger partial charge in [0.2, 0.25) is 0 Å². The Morgan fingerprint density at radius 2 is 0.587 bits per heavy atom. The van der Waals surface area contributed by atoms with Crippen LogP contribution in [0.15, 0.2) is 72.8 Å². The predicted molar refractivity (Wildman–Crippen MR) is 216 cm³/mol. The predicted octanol–water partition coefficient (Wildman–Crippen LogP) is 14.7. The minimum atomic E-state index is -1.50. The molecule has 0 saturated heterocycles. The third-order valence-electron chi connectivity index (χ3n) is 13.0. The van der Waals surface area contributed by atoms with E-state index in [1.54, 1.807) is 11.1 Å². The Hall–Kier alpha value is -2.43. The van der Waals surface area contributed by atoms with E-state index in [1.165, 1.54) is 68.0 Å². The van der Waals surface area contributed by atoms with E-state index in [-0.39, 0.29) is 0 Å². The lowest BCUT2D eigenvalue weighted by atomic mass is 9.94. The fraction of sp³-hybridized carbons (Fsp3) is 0.500. The molecule has 0 aliphatic carbocycles. The van der Waals surface area contributed by atoms with Crippen LogP contribution in [0, 0.1) is 0 Å². The monoisotopic (exact) mass is 646 g/mol. The second kappa shape index (κ2) is 13.6. The van der Waals surface area contributed by atoms with Gasteiger partial charge in [-0.3, -0.25) is 0 Å². The van der Waals surface area contributed by atoms with Gasteiger partial charge in [0.25, 0.3) is 0 Å². The van der Waals surface area contributed by atoms with Crippen molar-refractivity contribution in [2.24, 2.45) is 0 Å². The molecule has 0 aliphatic heterocycles. The molecule has 0 atom stereocenters. The molecular weight excluding hydrogens is 585 g/mol. The summed E-state index contributed by atoms with van der Waals surface area (Å²) in [6.07, 6.45) is 2.46. The molecule has 246 valence electrons. The van der Waals surface area contributed by atoms with E-state index in [1.807, 2.05) is 0 Å². The smallest absolute Gasteiger partial charge is 0.0616 e. The molecule has 0 aliphatic rings. The zero-order chi connectivity index (χ0) is 33.6. The molecule has 0 N–H and O–H groups in total. The fourth-order valence-electron chi connectivity index (χ4n) is 10.5. The van der Waals surface area contributed by atoms with Gasteiger partial charge in [-0.15, -0.1) is 0 Å². The number of hydrogen-bond acceptors (Lipinski definition) is 0. The Kier molecular flexibility index (Phi) is 10.3. The molecular formula is C44H62Si2. The van der Waals surface area contributed by atoms with Crippen molar-refractivity contribution < 1.29 is 0 Å². The Morgan fingerprint density at radius 1 is 0.348 bits per heavy atom. The van der Waals surface area contributed by atoms with Gasteiger partial charge in [0.05, 0.1) is 16.1 Å². The number of hydrogen-bond donors (Lipinski definition) is 0. The third-order valence-corrected chi connectivity index (χ3v) is 28.2. The minimum absolute atomic E-state index is 0.799. The molecule has 0 nitrogen and oxygen atoms in total. The second-order valence-corrected chi connectivity index (χ2v) is 29.1. The highest BCUT2D eigenvalue weighted by Crippen LogP contribution is 2.47. The van der Waals surface area contributed by atoms with Crippen LogP contribution in [0.25, 0.3) is 43.1 Å². The maximum absolute atomic E-state index is 2.62. The van der Waals surface area contributed by atoms with Crippen molar-refractivity contribution in [2.75, 3.05) is 0 Å². The van der Waals surface area contributed by atoms with E-state index in [4.69, 9.17) is 0 Å². The molecule has 0 spiro atoms. The molecule has 5 aromatic rings. The lowest BCUT2D eigenvalue weighted by Crippen LogP contribution is -2.45. The first kappa shape index (κ1) is 34.9. The molecule has 5 rings (SSSR count). The topological polar surface area (TPSA) is 0 Å². The van der Waals surface area contributed by atoms with Gasteiger partial charge in [0, 0.05) is 0 Å². The summed E-state index contributed by atoms with van der Waals surface area (Å²) in [7, 11) is -3.00. The lowest BCUT2D eigenvalue weighted by Gasteiger charge is -2.44. The summed E-state index contributed by atoms with van der Waals surface area (Å²) >= 11 is 0. The molecule has 46 heavy (non-hydrogen) atoms. The number of fused-ring (bicyclic) bond motifs is 4. The molecule has 5 aromatic carbocycles. The van der Waals surface area contributed by atoms with Crippen LogP contribution in [0.3, 0.4) is 0 Å². The molecule has 0 bridgehead atoms. The lowest BCUT2D eigenvalue weighted by molar-refractivity contribution is 0.780. The van der Waals surface area contributed by atoms with Crippen molar-refractivity contribution in [2.45, 2.75) is 141 Å². The Bertz CT molecular complexity index is 1640. The standard InChI is InChI=1S/C44H62Si2/c1-29(2)45(30(3)4,31(5)6)19-17-37-23-41-27-43-25-39-21-35-15-13-14-16-36(35)22-40(39)26-44(43)28-42(41)24-38(37)18-20-46(32(7)8,33(9)10)34(11)12/h13-16,21-34H,17-20H2,1-12H3. The molecule has 0 unspecified atom stereocenters. The van der Waals surface area contributed by atoms with Gasteiger partial charge >= 0.3 is 0 Å². The van der Waals surface area contributed by atoms with Gasteiger partial charge in [0.15, 0.2) is 0 Å². The van der Waals surface area contributed by atoms with Crippen LogP contribution in [0.5, 0.6) is 0 Å². The molecule has 0 saturated carbocycles. The van der Waals surface area contributed by atoms with Gasteiger partial charge < -0.3 is 0 Å². The summed E-state index contributed by atoms with van der Waals surface area (Å²) in [5, 5.41) is 10.8. The van der Waals surface area contributed by atoms with Crippen LogP contribution < -0.4 is 0 Å². The SMILES string of the molecule is CC(C)[Si](CCc1cc2cc3cc4cc5ccccc5cc4cc3cc2cc1CC[Si](C(C)C)(C(C)C)C(C)C)(C(C)C)C(C)C. The highest BCUT2D eigenvalue weighted by atomic mass is 28.3. The number of rotatable bonds is 12. The summed E-state index contributed by atoms with van der Waals surface area (Å²) in [6.45, 7) is 30.3. The van der Waals surface area contributed by atoms with E-state index < -0.39 is 16.1 Å². The summed E-state index contributed by atoms with van der Waals surface area (Å²) in [5.41, 5.74) is 8.06. The summed E-state index contributed by atoms with van der Waals surface area (Å²) in [5.74, 6) is 0. The van der Waals surface area contributed by atoms with Crippen molar-refractivity contribution in [3.05, 3.63) is 83.9 Å². The van der Waals surface area contributed by atoms with Crippen LogP contribution >= 0.6 is 0 Å². The maximum atomic E-state index is 2.62. The van der Waals surface area contributed by atoms with E-state index in [0.29, 0.717) is 0 Å². The minimum Gasteiger partial charge on any atom is -0.0651 e. The summed E-state index contributed by atoms with van der Waals surface area (Å²) < 4.78 is 0. The van der Waals surface area contributed by atoms with Crippen LogP contribution in [0.1, 0.15) is 94.2 Å². The Balaban J connectivity index is 1.65. The first-order valence-corrected chi connectivity index (χ1v) is 23.4. The fourth-order valence-corrected chi connectivity index (χ4v) is 23.4. The summed E-state index contributed by atoms with van der Waals surface area (Å²) in [6, 6.07) is 31.3. The molecule has 0 radical (unpaired) electrons. The zero-order valence-corrected chi connectivity index (χ0v) is 33.2. The van der Waals surface area contributed by atoms with Crippen LogP contribution in [0.2, 0.25) is 45.3 Å². The van der Waals surface area contributed by atoms with Gasteiger partial charge in [0.1, 0.15) is 0 Å². The highest BCUT2D eigenvalue weighted by Gasteiger charge is 2.43. The molecule has 0 amide bonds. The van der Waals surface area contributed by atoms with E-state index in [9.17, 15) is 0 Å². The first-order chi connectivity index (χ1) is 21.7. The number of benzene rings is 5. The van der Waals surface area contributed by atoms with Crippen molar-refractivity contribution in [1.82, 2.24) is 0 Å². The average molecular weight is 647 g/mol. The van der Waals surface area contributed by atoms with Gasteiger partial charge in [-0.25, -0.2) is 0 Å². The van der Waals surface area contributed by atoms with Crippen molar-refractivity contribution in [1.29, 1.82) is 0 Å². The van der Waals surface area contributed by atoms with Gasteiger partial charge in [-0.05, 0) is 103 Å². The zero-order valence-electron chi connectivity index (χ0n) is 31.2. The molecule has 0 aromatic heterocycles. The molecule has 2 heteroatoms. The van der Waals surface area contributed by atoms with Crippen molar-refractivity contribution in [3.8, 4) is 0 Å². The normalized spacial score (nSPS) is 13.4. The van der Waals surface area contributed by atoms with Crippen LogP contribution in [0.4, 0.5) is 0 Å². The van der Waals surface area contributed by atoms with Crippen LogP contribution in [-0.4, -0.2) is 16.1 Å². The van der Waals surface area contributed by atoms with E-state index in [2.05, 4.69) is 156 Å². The van der Waals surface area contributed by atoms with E-state index in [0.717, 1.165) is 33.2 Å². The Morgan fingerprint density at radius 3 is 0.848 bits per heavy atom. The van der Waals surface area contributed by atoms with Crippen LogP contribution in [-0.2, 0) is 12.8 Å². The second-order valence-electron chi connectivity index (χ2n) is 16.7.